The van der Waals surface area contributed by atoms with E-state index in [2.05, 4.69) is 25.8 Å². The lowest BCUT2D eigenvalue weighted by Gasteiger charge is -2.25. The molecular formula is C18H15BrN2O3S. The number of thiazole rings is 1. The average molecular weight is 419 g/mol. The van der Waals surface area contributed by atoms with Crippen LogP contribution in [0.25, 0.3) is 10.2 Å². The molecule has 0 amide bonds. The summed E-state index contributed by atoms with van der Waals surface area (Å²) in [5.41, 5.74) is 1.41. The van der Waals surface area contributed by atoms with Crippen molar-refractivity contribution in [2.24, 2.45) is 0 Å². The summed E-state index contributed by atoms with van der Waals surface area (Å²) in [5.74, 6) is 0.134. The number of rotatable bonds is 3. The number of carbonyl (C=O) groups excluding carboxylic acids is 1. The Labute approximate surface area is 157 Å². The number of ether oxygens (including phenoxy) is 2. The van der Waals surface area contributed by atoms with Crippen LogP contribution in [0.3, 0.4) is 0 Å². The molecule has 0 unspecified atom stereocenters. The first-order valence-corrected chi connectivity index (χ1v) is 9.52. The largest absolute Gasteiger partial charge is 0.423 e. The van der Waals surface area contributed by atoms with Crippen LogP contribution in [0.2, 0.25) is 0 Å². The van der Waals surface area contributed by atoms with E-state index in [1.165, 1.54) is 0 Å². The molecule has 1 aliphatic heterocycles. The minimum atomic E-state index is -0.384. The van der Waals surface area contributed by atoms with Crippen molar-refractivity contribution in [3.63, 3.8) is 0 Å². The molecule has 3 aromatic rings. The number of carbonyl (C=O) groups is 1. The molecule has 5 nitrogen and oxygen atoms in total. The highest BCUT2D eigenvalue weighted by atomic mass is 79.9. The molecule has 0 saturated carbocycles. The Balaban J connectivity index is 1.56. The second-order valence-electron chi connectivity index (χ2n) is 5.59. The van der Waals surface area contributed by atoms with Crippen LogP contribution in [0.15, 0.2) is 46.9 Å². The highest BCUT2D eigenvalue weighted by Gasteiger charge is 2.17. The molecule has 25 heavy (non-hydrogen) atoms. The van der Waals surface area contributed by atoms with Crippen molar-refractivity contribution in [3.8, 4) is 5.75 Å². The van der Waals surface area contributed by atoms with Crippen molar-refractivity contribution in [2.75, 3.05) is 31.2 Å². The predicted molar refractivity (Wildman–Crippen MR) is 102 cm³/mol. The van der Waals surface area contributed by atoms with Crippen molar-refractivity contribution in [3.05, 3.63) is 52.5 Å². The fraction of sp³-hybridized carbons (Fsp3) is 0.222. The summed E-state index contributed by atoms with van der Waals surface area (Å²) in [6.07, 6.45) is 0. The third-order valence-electron chi connectivity index (χ3n) is 3.93. The first kappa shape index (κ1) is 16.5. The quantitative estimate of drug-likeness (QED) is 0.473. The molecule has 1 aromatic heterocycles. The molecular weight excluding hydrogens is 404 g/mol. The van der Waals surface area contributed by atoms with Gasteiger partial charge in [-0.25, -0.2) is 9.78 Å². The number of morpholine rings is 1. The smallest absolute Gasteiger partial charge is 0.344 e. The van der Waals surface area contributed by atoms with E-state index in [1.54, 1.807) is 23.5 Å². The number of hydrogen-bond donors (Lipinski definition) is 0. The number of nitrogens with zero attached hydrogens (tertiary/aromatic N) is 2. The monoisotopic (exact) mass is 418 g/mol. The van der Waals surface area contributed by atoms with E-state index in [0.717, 1.165) is 41.7 Å². The highest BCUT2D eigenvalue weighted by molar-refractivity contribution is 9.10. The maximum absolute atomic E-state index is 12.3. The molecule has 1 fully saturated rings. The molecule has 2 aromatic carbocycles. The van der Waals surface area contributed by atoms with Gasteiger partial charge in [-0.3, -0.25) is 0 Å². The van der Waals surface area contributed by atoms with Crippen LogP contribution in [0.5, 0.6) is 5.75 Å². The normalized spacial score (nSPS) is 14.7. The van der Waals surface area contributed by atoms with E-state index in [1.807, 2.05) is 30.3 Å². The van der Waals surface area contributed by atoms with Crippen LogP contribution in [0.4, 0.5) is 5.13 Å². The first-order chi connectivity index (χ1) is 12.2. The maximum Gasteiger partial charge on any atom is 0.344 e. The van der Waals surface area contributed by atoms with Crippen molar-refractivity contribution < 1.29 is 14.3 Å². The van der Waals surface area contributed by atoms with Crippen molar-refractivity contribution >= 4 is 48.6 Å². The molecule has 0 spiro atoms. The zero-order valence-electron chi connectivity index (χ0n) is 13.3. The molecule has 1 saturated heterocycles. The summed E-state index contributed by atoms with van der Waals surface area (Å²) in [6, 6.07) is 12.7. The van der Waals surface area contributed by atoms with Gasteiger partial charge in [0.1, 0.15) is 5.75 Å². The number of hydrogen-bond acceptors (Lipinski definition) is 6. The van der Waals surface area contributed by atoms with Gasteiger partial charge in [-0.2, -0.15) is 0 Å². The summed E-state index contributed by atoms with van der Waals surface area (Å²) < 4.78 is 12.6. The van der Waals surface area contributed by atoms with Crippen molar-refractivity contribution in [1.82, 2.24) is 4.98 Å². The zero-order valence-corrected chi connectivity index (χ0v) is 15.7. The molecule has 0 bridgehead atoms. The molecule has 7 heteroatoms. The van der Waals surface area contributed by atoms with Crippen LogP contribution >= 0.6 is 27.3 Å². The minimum absolute atomic E-state index is 0.384. The van der Waals surface area contributed by atoms with Gasteiger partial charge in [0.2, 0.25) is 0 Å². The van der Waals surface area contributed by atoms with Crippen molar-refractivity contribution in [1.29, 1.82) is 0 Å². The van der Waals surface area contributed by atoms with Gasteiger partial charge < -0.3 is 14.4 Å². The van der Waals surface area contributed by atoms with E-state index >= 15 is 0 Å². The standard InChI is InChI=1S/C18H15BrN2O3S/c19-14-4-2-1-3-13(14)17(22)24-12-5-6-15-16(11-12)25-18(20-15)21-7-9-23-10-8-21/h1-6,11H,7-10H2. The molecule has 4 rings (SSSR count). The van der Waals surface area contributed by atoms with Crippen LogP contribution in [-0.4, -0.2) is 37.3 Å². The third kappa shape index (κ3) is 3.53. The fourth-order valence-corrected chi connectivity index (χ4v) is 4.13. The number of anilines is 1. The Morgan fingerprint density at radius 3 is 2.80 bits per heavy atom. The van der Waals surface area contributed by atoms with E-state index in [9.17, 15) is 4.79 Å². The summed E-state index contributed by atoms with van der Waals surface area (Å²) >= 11 is 4.98. The molecule has 0 aliphatic carbocycles. The lowest BCUT2D eigenvalue weighted by molar-refractivity contribution is 0.0734. The summed E-state index contributed by atoms with van der Waals surface area (Å²) in [7, 11) is 0. The second-order valence-corrected chi connectivity index (χ2v) is 7.46. The highest BCUT2D eigenvalue weighted by Crippen LogP contribution is 2.32. The van der Waals surface area contributed by atoms with Gasteiger partial charge in [-0.1, -0.05) is 23.5 Å². The van der Waals surface area contributed by atoms with Gasteiger partial charge in [0.15, 0.2) is 5.13 Å². The number of aromatic nitrogens is 1. The summed E-state index contributed by atoms with van der Waals surface area (Å²) in [6.45, 7) is 3.16. The van der Waals surface area contributed by atoms with Gasteiger partial charge in [0.25, 0.3) is 0 Å². The van der Waals surface area contributed by atoms with Crippen LogP contribution in [0, 0.1) is 0 Å². The third-order valence-corrected chi connectivity index (χ3v) is 5.71. The van der Waals surface area contributed by atoms with Crippen molar-refractivity contribution in [2.45, 2.75) is 0 Å². The molecule has 0 radical (unpaired) electrons. The molecule has 0 atom stereocenters. The SMILES string of the molecule is O=C(Oc1ccc2nc(N3CCOCC3)sc2c1)c1ccccc1Br. The minimum Gasteiger partial charge on any atom is -0.423 e. The number of fused-ring (bicyclic) bond motifs is 1. The van der Waals surface area contributed by atoms with Gasteiger partial charge in [-0.15, -0.1) is 0 Å². The number of halogens is 1. The van der Waals surface area contributed by atoms with Gasteiger partial charge in [0.05, 0.1) is 29.0 Å². The van der Waals surface area contributed by atoms with Gasteiger partial charge >= 0.3 is 5.97 Å². The van der Waals surface area contributed by atoms with Crippen LogP contribution in [0.1, 0.15) is 10.4 Å². The zero-order chi connectivity index (χ0) is 17.2. The molecule has 1 aliphatic rings. The average Bonchev–Trinajstić information content (AvgIpc) is 3.06. The van der Waals surface area contributed by atoms with E-state index < -0.39 is 0 Å². The summed E-state index contributed by atoms with van der Waals surface area (Å²) in [5, 5.41) is 0.979. The Bertz CT molecular complexity index is 922. The molecule has 0 N–H and O–H groups in total. The molecule has 128 valence electrons. The number of esters is 1. The Morgan fingerprint density at radius 2 is 2.00 bits per heavy atom. The van der Waals surface area contributed by atoms with E-state index in [4.69, 9.17) is 9.47 Å². The number of benzene rings is 2. The van der Waals surface area contributed by atoms with E-state index in [-0.39, 0.29) is 5.97 Å². The second kappa shape index (κ2) is 7.11. The van der Waals surface area contributed by atoms with Crippen LogP contribution in [-0.2, 0) is 4.74 Å². The maximum atomic E-state index is 12.3. The Morgan fingerprint density at radius 1 is 1.20 bits per heavy atom. The first-order valence-electron chi connectivity index (χ1n) is 7.91. The lowest BCUT2D eigenvalue weighted by atomic mass is 10.2. The van der Waals surface area contributed by atoms with E-state index in [0.29, 0.717) is 15.8 Å². The fourth-order valence-electron chi connectivity index (χ4n) is 2.63. The van der Waals surface area contributed by atoms with Crippen LogP contribution < -0.4 is 9.64 Å². The molecule has 2 heterocycles. The topological polar surface area (TPSA) is 51.7 Å². The van der Waals surface area contributed by atoms with Gasteiger partial charge in [0, 0.05) is 23.6 Å². The Hall–Kier alpha value is -1.96. The predicted octanol–water partition coefficient (Wildman–Crippen LogP) is 4.11. The lowest BCUT2D eigenvalue weighted by Crippen LogP contribution is -2.36. The van der Waals surface area contributed by atoms with Gasteiger partial charge in [-0.05, 0) is 40.2 Å². The summed E-state index contributed by atoms with van der Waals surface area (Å²) in [4.78, 5) is 19.2. The Kier molecular flexibility index (Phi) is 4.70.